The van der Waals surface area contributed by atoms with Crippen molar-refractivity contribution in [2.75, 3.05) is 18.5 Å². The van der Waals surface area contributed by atoms with Crippen LogP contribution < -0.4 is 10.6 Å². The molecule has 0 aromatic heterocycles. The molecule has 1 heterocycles. The number of carbonyl (C=O) groups is 2. The lowest BCUT2D eigenvalue weighted by molar-refractivity contribution is -0.136. The summed E-state index contributed by atoms with van der Waals surface area (Å²) in [6.07, 6.45) is 0.969. The molecule has 1 fully saturated rings. The summed E-state index contributed by atoms with van der Waals surface area (Å²) in [5, 5.41) is 5.73. The van der Waals surface area contributed by atoms with Crippen LogP contribution in [0.2, 0.25) is 5.02 Å². The molecule has 2 rings (SSSR count). The van der Waals surface area contributed by atoms with E-state index in [0.717, 1.165) is 6.42 Å². The first-order valence-corrected chi connectivity index (χ1v) is 8.11. The average molecular weight is 339 g/mol. The third-order valence-corrected chi connectivity index (χ3v) is 4.12. The quantitative estimate of drug-likeness (QED) is 0.833. The van der Waals surface area contributed by atoms with Crippen molar-refractivity contribution in [1.82, 2.24) is 5.32 Å². The molecule has 1 aromatic carbocycles. The number of hydrogen-bond acceptors (Lipinski definition) is 3. The van der Waals surface area contributed by atoms with E-state index in [2.05, 4.69) is 31.4 Å². The van der Waals surface area contributed by atoms with Gasteiger partial charge in [0.2, 0.25) is 0 Å². The molecule has 0 saturated carbocycles. The molecule has 0 aliphatic carbocycles. The number of amides is 2. The van der Waals surface area contributed by atoms with Gasteiger partial charge in [0.05, 0.1) is 6.10 Å². The Labute approximate surface area is 141 Å². The Balaban J connectivity index is 1.86. The van der Waals surface area contributed by atoms with Crippen LogP contribution in [0.25, 0.3) is 0 Å². The number of nitrogens with one attached hydrogen (secondary N) is 2. The van der Waals surface area contributed by atoms with Crippen molar-refractivity contribution in [3.63, 3.8) is 0 Å². The van der Waals surface area contributed by atoms with Crippen LogP contribution in [0.3, 0.4) is 0 Å². The molecule has 0 spiro atoms. The summed E-state index contributed by atoms with van der Waals surface area (Å²) < 4.78 is 5.77. The Morgan fingerprint density at radius 1 is 1.30 bits per heavy atom. The molecule has 2 amide bonds. The maximum atomic E-state index is 11.9. The van der Waals surface area contributed by atoms with Gasteiger partial charge < -0.3 is 15.4 Å². The van der Waals surface area contributed by atoms with Gasteiger partial charge in [-0.25, -0.2) is 0 Å². The molecule has 0 bridgehead atoms. The summed E-state index contributed by atoms with van der Waals surface area (Å²) in [4.78, 5) is 23.9. The second-order valence-corrected chi connectivity index (χ2v) is 7.32. The van der Waals surface area contributed by atoms with E-state index in [1.54, 1.807) is 24.3 Å². The van der Waals surface area contributed by atoms with Crippen LogP contribution >= 0.6 is 11.6 Å². The van der Waals surface area contributed by atoms with E-state index in [4.69, 9.17) is 16.3 Å². The van der Waals surface area contributed by atoms with Gasteiger partial charge >= 0.3 is 11.8 Å². The van der Waals surface area contributed by atoms with Gasteiger partial charge in [0.1, 0.15) is 0 Å². The van der Waals surface area contributed by atoms with Crippen molar-refractivity contribution in [2.45, 2.75) is 33.3 Å². The third kappa shape index (κ3) is 4.94. The average Bonchev–Trinajstić information content (AvgIpc) is 2.93. The summed E-state index contributed by atoms with van der Waals surface area (Å²) in [7, 11) is 0. The van der Waals surface area contributed by atoms with Crippen molar-refractivity contribution in [3.8, 4) is 0 Å². The number of anilines is 1. The fraction of sp³-hybridized carbons (Fsp3) is 0.529. The number of ether oxygens (including phenoxy) is 1. The number of carbonyl (C=O) groups excluding carboxylic acids is 2. The molecule has 23 heavy (non-hydrogen) atoms. The number of hydrogen-bond donors (Lipinski definition) is 2. The van der Waals surface area contributed by atoms with Crippen LogP contribution in [0.5, 0.6) is 0 Å². The van der Waals surface area contributed by atoms with Gasteiger partial charge in [0, 0.05) is 29.8 Å². The lowest BCUT2D eigenvalue weighted by Gasteiger charge is -2.31. The van der Waals surface area contributed by atoms with Crippen LogP contribution in [0.15, 0.2) is 24.3 Å². The molecule has 1 aliphatic heterocycles. The summed E-state index contributed by atoms with van der Waals surface area (Å²) in [5.74, 6) is -1.12. The molecule has 0 radical (unpaired) electrons. The molecular formula is C17H23ClN2O3. The standard InChI is InChI=1S/C17H23ClN2O3/c1-17(2,3)14-11(7-8-23-14)10-19-15(21)16(22)20-13-6-4-5-12(18)9-13/h4-6,9,11,14H,7-8,10H2,1-3H3,(H,19,21)(H,20,22)/t11-,14+/m0/s1. The predicted octanol–water partition coefficient (Wildman–Crippen LogP) is 2.85. The van der Waals surface area contributed by atoms with Gasteiger partial charge in [-0.15, -0.1) is 0 Å². The largest absolute Gasteiger partial charge is 0.377 e. The monoisotopic (exact) mass is 338 g/mol. The fourth-order valence-corrected chi connectivity index (χ4v) is 3.05. The predicted molar refractivity (Wildman–Crippen MR) is 90.4 cm³/mol. The minimum atomic E-state index is -0.696. The Kier molecular flexibility index (Phi) is 5.65. The first-order valence-electron chi connectivity index (χ1n) is 7.74. The van der Waals surface area contributed by atoms with E-state index < -0.39 is 11.8 Å². The van der Waals surface area contributed by atoms with Crippen molar-refractivity contribution in [3.05, 3.63) is 29.3 Å². The molecular weight excluding hydrogens is 316 g/mol. The van der Waals surface area contributed by atoms with E-state index in [1.165, 1.54) is 0 Å². The lowest BCUT2D eigenvalue weighted by atomic mass is 9.81. The minimum absolute atomic E-state index is 0.00887. The normalized spacial score (nSPS) is 21.0. The molecule has 1 aromatic rings. The topological polar surface area (TPSA) is 67.4 Å². The zero-order valence-electron chi connectivity index (χ0n) is 13.7. The number of benzene rings is 1. The second-order valence-electron chi connectivity index (χ2n) is 6.88. The van der Waals surface area contributed by atoms with Gasteiger partial charge in [-0.2, -0.15) is 0 Å². The van der Waals surface area contributed by atoms with E-state index in [0.29, 0.717) is 23.9 Å². The molecule has 2 atom stereocenters. The molecule has 2 N–H and O–H groups in total. The Morgan fingerprint density at radius 3 is 2.70 bits per heavy atom. The summed E-state index contributed by atoms with van der Waals surface area (Å²) in [6, 6.07) is 6.67. The molecule has 1 saturated heterocycles. The second kappa shape index (κ2) is 7.32. The zero-order chi connectivity index (χ0) is 17.0. The van der Waals surface area contributed by atoms with Crippen molar-refractivity contribution in [2.24, 2.45) is 11.3 Å². The summed E-state index contributed by atoms with van der Waals surface area (Å²) >= 11 is 5.85. The van der Waals surface area contributed by atoms with Gasteiger partial charge in [-0.05, 0) is 30.0 Å². The molecule has 1 aliphatic rings. The highest BCUT2D eigenvalue weighted by Crippen LogP contribution is 2.34. The third-order valence-electron chi connectivity index (χ3n) is 3.88. The SMILES string of the molecule is CC(C)(C)[C@@H]1OCC[C@H]1CNC(=O)C(=O)Nc1cccc(Cl)c1. The van der Waals surface area contributed by atoms with Crippen LogP contribution in [0.1, 0.15) is 27.2 Å². The van der Waals surface area contributed by atoms with Gasteiger partial charge in [0.25, 0.3) is 0 Å². The maximum absolute atomic E-state index is 11.9. The van der Waals surface area contributed by atoms with Crippen molar-refractivity contribution in [1.29, 1.82) is 0 Å². The van der Waals surface area contributed by atoms with Crippen molar-refractivity contribution < 1.29 is 14.3 Å². The first-order chi connectivity index (χ1) is 10.8. The highest BCUT2D eigenvalue weighted by Gasteiger charge is 2.37. The molecule has 5 nitrogen and oxygen atoms in total. The van der Waals surface area contributed by atoms with Crippen LogP contribution in [-0.4, -0.2) is 31.1 Å². The zero-order valence-corrected chi connectivity index (χ0v) is 14.4. The molecule has 126 valence electrons. The van der Waals surface area contributed by atoms with Crippen molar-refractivity contribution >= 4 is 29.1 Å². The Bertz CT molecular complexity index is 583. The summed E-state index contributed by atoms with van der Waals surface area (Å²) in [6.45, 7) is 7.47. The first kappa shape index (κ1) is 17.8. The van der Waals surface area contributed by atoms with E-state index in [1.807, 2.05) is 0 Å². The number of halogens is 1. The Morgan fingerprint density at radius 2 is 2.04 bits per heavy atom. The van der Waals surface area contributed by atoms with Gasteiger partial charge in [0.15, 0.2) is 0 Å². The molecule has 6 heteroatoms. The maximum Gasteiger partial charge on any atom is 0.313 e. The minimum Gasteiger partial charge on any atom is -0.377 e. The molecule has 0 unspecified atom stereocenters. The van der Waals surface area contributed by atoms with Crippen LogP contribution in [0.4, 0.5) is 5.69 Å². The van der Waals surface area contributed by atoms with E-state index in [-0.39, 0.29) is 17.4 Å². The highest BCUT2D eigenvalue weighted by atomic mass is 35.5. The lowest BCUT2D eigenvalue weighted by Crippen LogP contribution is -2.42. The smallest absolute Gasteiger partial charge is 0.313 e. The number of rotatable bonds is 3. The highest BCUT2D eigenvalue weighted by molar-refractivity contribution is 6.39. The van der Waals surface area contributed by atoms with E-state index >= 15 is 0 Å². The van der Waals surface area contributed by atoms with Crippen LogP contribution in [-0.2, 0) is 14.3 Å². The summed E-state index contributed by atoms with van der Waals surface area (Å²) in [5.41, 5.74) is 0.504. The fourth-order valence-electron chi connectivity index (χ4n) is 2.86. The van der Waals surface area contributed by atoms with E-state index in [9.17, 15) is 9.59 Å². The van der Waals surface area contributed by atoms with Gasteiger partial charge in [-0.1, -0.05) is 38.4 Å². The van der Waals surface area contributed by atoms with Gasteiger partial charge in [-0.3, -0.25) is 9.59 Å². The van der Waals surface area contributed by atoms with Crippen LogP contribution in [0, 0.1) is 11.3 Å². The Hall–Kier alpha value is -1.59.